The monoisotopic (exact) mass is 239 g/mol. The molecule has 88 valence electrons. The van der Waals surface area contributed by atoms with Crippen LogP contribution in [0.4, 0.5) is 0 Å². The van der Waals surface area contributed by atoms with Crippen LogP contribution >= 0.6 is 11.6 Å². The highest BCUT2D eigenvalue weighted by Gasteiger charge is 2.05. The molecule has 0 aromatic carbocycles. The van der Waals surface area contributed by atoms with Gasteiger partial charge in [0.15, 0.2) is 5.78 Å². The molecule has 2 nitrogen and oxygen atoms in total. The number of hydrogen-bond donors (Lipinski definition) is 0. The molecule has 0 unspecified atom stereocenters. The van der Waals surface area contributed by atoms with Gasteiger partial charge in [-0.2, -0.15) is 0 Å². The van der Waals surface area contributed by atoms with E-state index in [1.807, 2.05) is 0 Å². The van der Waals surface area contributed by atoms with Crippen LogP contribution in [0.1, 0.15) is 55.8 Å². The first-order valence-electron chi connectivity index (χ1n) is 5.88. The summed E-state index contributed by atoms with van der Waals surface area (Å²) in [6.45, 7) is 2.19. The molecular formula is C13H18ClNO. The molecule has 16 heavy (non-hydrogen) atoms. The van der Waals surface area contributed by atoms with Gasteiger partial charge in [-0.1, -0.05) is 44.2 Å². The normalized spacial score (nSPS) is 10.4. The number of halogens is 1. The van der Waals surface area contributed by atoms with Gasteiger partial charge in [-0.05, 0) is 18.6 Å². The van der Waals surface area contributed by atoms with E-state index in [1.165, 1.54) is 19.3 Å². The third-order valence-electron chi connectivity index (χ3n) is 2.56. The number of unbranched alkanes of at least 4 members (excludes halogenated alkanes) is 4. The van der Waals surface area contributed by atoms with Gasteiger partial charge in [0.25, 0.3) is 0 Å². The predicted molar refractivity (Wildman–Crippen MR) is 67.0 cm³/mol. The lowest BCUT2D eigenvalue weighted by Gasteiger charge is -2.01. The van der Waals surface area contributed by atoms with Crippen LogP contribution in [0, 0.1) is 0 Å². The summed E-state index contributed by atoms with van der Waals surface area (Å²) >= 11 is 5.66. The minimum absolute atomic E-state index is 0.167. The Morgan fingerprint density at radius 2 is 2.00 bits per heavy atom. The number of ketones is 1. The van der Waals surface area contributed by atoms with Crippen molar-refractivity contribution >= 4 is 17.4 Å². The van der Waals surface area contributed by atoms with Gasteiger partial charge in [0.1, 0.15) is 5.15 Å². The second-order valence-electron chi connectivity index (χ2n) is 3.96. The minimum Gasteiger partial charge on any atom is -0.294 e. The lowest BCUT2D eigenvalue weighted by molar-refractivity contribution is 0.0979. The molecule has 1 rings (SSSR count). The number of aromatic nitrogens is 1. The summed E-state index contributed by atoms with van der Waals surface area (Å²) in [7, 11) is 0. The van der Waals surface area contributed by atoms with E-state index < -0.39 is 0 Å². The van der Waals surface area contributed by atoms with E-state index in [0.29, 0.717) is 17.1 Å². The van der Waals surface area contributed by atoms with Gasteiger partial charge in [0.05, 0.1) is 0 Å². The highest BCUT2D eigenvalue weighted by molar-refractivity contribution is 6.29. The van der Waals surface area contributed by atoms with Crippen molar-refractivity contribution in [1.29, 1.82) is 0 Å². The molecule has 0 aliphatic carbocycles. The average Bonchev–Trinajstić information content (AvgIpc) is 2.29. The maximum absolute atomic E-state index is 11.7. The zero-order valence-electron chi connectivity index (χ0n) is 9.71. The number of Topliss-reactive ketones (excluding diaryl/α,β-unsaturated/α-hetero) is 1. The van der Waals surface area contributed by atoms with Crippen molar-refractivity contribution in [3.63, 3.8) is 0 Å². The van der Waals surface area contributed by atoms with E-state index in [2.05, 4.69) is 11.9 Å². The minimum atomic E-state index is 0.167. The standard InChI is InChI=1S/C13H18ClNO/c1-2-3-4-5-6-7-12(16)11-8-9-13(14)15-10-11/h8-10H,2-7H2,1H3. The summed E-state index contributed by atoms with van der Waals surface area (Å²) in [6, 6.07) is 3.40. The van der Waals surface area contributed by atoms with Gasteiger partial charge in [-0.15, -0.1) is 0 Å². The quantitative estimate of drug-likeness (QED) is 0.404. The second kappa shape index (κ2) is 7.39. The molecule has 0 N–H and O–H groups in total. The molecular weight excluding hydrogens is 222 g/mol. The van der Waals surface area contributed by atoms with Gasteiger partial charge >= 0.3 is 0 Å². The van der Waals surface area contributed by atoms with Crippen molar-refractivity contribution in [3.8, 4) is 0 Å². The molecule has 0 spiro atoms. The molecule has 1 heterocycles. The van der Waals surface area contributed by atoms with Crippen LogP contribution in [0.5, 0.6) is 0 Å². The number of hydrogen-bond acceptors (Lipinski definition) is 2. The molecule has 0 saturated heterocycles. The summed E-state index contributed by atoms with van der Waals surface area (Å²) in [5, 5.41) is 0.430. The number of nitrogens with zero attached hydrogens (tertiary/aromatic N) is 1. The van der Waals surface area contributed by atoms with Gasteiger partial charge in [-0.25, -0.2) is 4.98 Å². The number of carbonyl (C=O) groups is 1. The summed E-state index contributed by atoms with van der Waals surface area (Å²) < 4.78 is 0. The smallest absolute Gasteiger partial charge is 0.164 e. The lowest BCUT2D eigenvalue weighted by atomic mass is 10.1. The third kappa shape index (κ3) is 4.75. The van der Waals surface area contributed by atoms with Crippen LogP contribution in [0.3, 0.4) is 0 Å². The molecule has 3 heteroatoms. The molecule has 1 aromatic rings. The van der Waals surface area contributed by atoms with Crippen LogP contribution < -0.4 is 0 Å². The van der Waals surface area contributed by atoms with Crippen LogP contribution in [0.25, 0.3) is 0 Å². The van der Waals surface area contributed by atoms with Gasteiger partial charge in [0, 0.05) is 18.2 Å². The molecule has 0 fully saturated rings. The molecule has 0 aliphatic heterocycles. The lowest BCUT2D eigenvalue weighted by Crippen LogP contribution is -1.99. The predicted octanol–water partition coefficient (Wildman–Crippen LogP) is 4.28. The van der Waals surface area contributed by atoms with E-state index >= 15 is 0 Å². The Morgan fingerprint density at radius 3 is 2.62 bits per heavy atom. The molecule has 0 atom stereocenters. The Labute approximate surface area is 102 Å². The van der Waals surface area contributed by atoms with E-state index in [9.17, 15) is 4.79 Å². The summed E-state index contributed by atoms with van der Waals surface area (Å²) in [5.74, 6) is 0.167. The van der Waals surface area contributed by atoms with E-state index in [-0.39, 0.29) is 5.78 Å². The Kier molecular flexibility index (Phi) is 6.09. The zero-order chi connectivity index (χ0) is 11.8. The molecule has 0 radical (unpaired) electrons. The highest BCUT2D eigenvalue weighted by Crippen LogP contribution is 2.11. The second-order valence-corrected chi connectivity index (χ2v) is 4.34. The Morgan fingerprint density at radius 1 is 1.25 bits per heavy atom. The van der Waals surface area contributed by atoms with E-state index in [4.69, 9.17) is 11.6 Å². The SMILES string of the molecule is CCCCCCCC(=O)c1ccc(Cl)nc1. The fourth-order valence-electron chi connectivity index (χ4n) is 1.57. The first kappa shape index (κ1) is 13.2. The van der Waals surface area contributed by atoms with Crippen molar-refractivity contribution in [2.45, 2.75) is 45.4 Å². The molecule has 0 saturated carbocycles. The fourth-order valence-corrected chi connectivity index (χ4v) is 1.69. The van der Waals surface area contributed by atoms with Gasteiger partial charge in [-0.3, -0.25) is 4.79 Å². The van der Waals surface area contributed by atoms with Gasteiger partial charge in [0.2, 0.25) is 0 Å². The molecule has 1 aromatic heterocycles. The topological polar surface area (TPSA) is 30.0 Å². The number of carbonyl (C=O) groups excluding carboxylic acids is 1. The maximum atomic E-state index is 11.7. The number of rotatable bonds is 7. The van der Waals surface area contributed by atoms with E-state index in [0.717, 1.165) is 12.8 Å². The summed E-state index contributed by atoms with van der Waals surface area (Å²) in [5.41, 5.74) is 0.667. The van der Waals surface area contributed by atoms with Crippen LogP contribution in [0.2, 0.25) is 5.15 Å². The van der Waals surface area contributed by atoms with Crippen LogP contribution in [0.15, 0.2) is 18.3 Å². The van der Waals surface area contributed by atoms with Gasteiger partial charge < -0.3 is 0 Å². The fraction of sp³-hybridized carbons (Fsp3) is 0.538. The Hall–Kier alpha value is -0.890. The number of pyridine rings is 1. The van der Waals surface area contributed by atoms with E-state index in [1.54, 1.807) is 18.3 Å². The molecule has 0 bridgehead atoms. The molecule has 0 amide bonds. The van der Waals surface area contributed by atoms with Crippen LogP contribution in [-0.4, -0.2) is 10.8 Å². The van der Waals surface area contributed by atoms with Crippen molar-refractivity contribution in [2.75, 3.05) is 0 Å². The summed E-state index contributed by atoms with van der Waals surface area (Å²) in [6.07, 6.45) is 8.00. The van der Waals surface area contributed by atoms with Crippen molar-refractivity contribution in [3.05, 3.63) is 29.0 Å². The van der Waals surface area contributed by atoms with Crippen molar-refractivity contribution in [1.82, 2.24) is 4.98 Å². The van der Waals surface area contributed by atoms with Crippen molar-refractivity contribution in [2.24, 2.45) is 0 Å². The Balaban J connectivity index is 2.27. The third-order valence-corrected chi connectivity index (χ3v) is 2.78. The zero-order valence-corrected chi connectivity index (χ0v) is 10.5. The van der Waals surface area contributed by atoms with Crippen LogP contribution in [-0.2, 0) is 0 Å². The first-order chi connectivity index (χ1) is 7.74. The first-order valence-corrected chi connectivity index (χ1v) is 6.26. The molecule has 0 aliphatic rings. The summed E-state index contributed by atoms with van der Waals surface area (Å²) in [4.78, 5) is 15.6. The average molecular weight is 240 g/mol. The largest absolute Gasteiger partial charge is 0.294 e. The highest BCUT2D eigenvalue weighted by atomic mass is 35.5. The maximum Gasteiger partial charge on any atom is 0.164 e. The van der Waals surface area contributed by atoms with Crippen molar-refractivity contribution < 1.29 is 4.79 Å². The Bertz CT molecular complexity index is 321.